The van der Waals surface area contributed by atoms with E-state index in [1.54, 1.807) is 38.5 Å². The molecule has 3 aromatic rings. The quantitative estimate of drug-likeness (QED) is 0.457. The second-order valence-electron chi connectivity index (χ2n) is 5.14. The van der Waals surface area contributed by atoms with Gasteiger partial charge in [-0.05, 0) is 36.4 Å². The van der Waals surface area contributed by atoms with E-state index in [1.165, 1.54) is 23.1 Å². The standard InChI is InChI=1S/C18H17N3O3S2/c1-23-13-9-7-12(8-10-13)15(22)11-25-18-21-20-17(26-18)19-14-5-3-4-6-16(14)24-2/h3-10H,11H2,1-2H3,(H,19,20). The van der Waals surface area contributed by atoms with Crippen LogP contribution in [0.1, 0.15) is 10.4 Å². The van der Waals surface area contributed by atoms with Crippen LogP contribution in [0.3, 0.4) is 0 Å². The predicted octanol–water partition coefficient (Wildman–Crippen LogP) is 4.27. The fourth-order valence-electron chi connectivity index (χ4n) is 2.17. The molecule has 0 atom stereocenters. The van der Waals surface area contributed by atoms with Gasteiger partial charge in [0.05, 0.1) is 25.7 Å². The molecule has 0 saturated heterocycles. The Labute approximate surface area is 159 Å². The number of Topliss-reactive ketones (excluding diaryl/α,β-unsaturated/α-hetero) is 1. The molecule has 0 spiro atoms. The zero-order valence-electron chi connectivity index (χ0n) is 14.3. The van der Waals surface area contributed by atoms with Crippen LogP contribution in [0, 0.1) is 0 Å². The molecule has 26 heavy (non-hydrogen) atoms. The molecule has 134 valence electrons. The van der Waals surface area contributed by atoms with E-state index in [4.69, 9.17) is 9.47 Å². The number of rotatable bonds is 8. The van der Waals surface area contributed by atoms with Gasteiger partial charge in [-0.15, -0.1) is 10.2 Å². The molecule has 0 radical (unpaired) electrons. The smallest absolute Gasteiger partial charge is 0.210 e. The second-order valence-corrected chi connectivity index (χ2v) is 7.34. The Hall–Kier alpha value is -2.58. The van der Waals surface area contributed by atoms with E-state index in [9.17, 15) is 4.79 Å². The van der Waals surface area contributed by atoms with Gasteiger partial charge in [0, 0.05) is 5.56 Å². The molecule has 0 aliphatic heterocycles. The molecule has 0 aliphatic carbocycles. The zero-order chi connectivity index (χ0) is 18.4. The van der Waals surface area contributed by atoms with Crippen molar-refractivity contribution in [3.63, 3.8) is 0 Å². The largest absolute Gasteiger partial charge is 0.497 e. The van der Waals surface area contributed by atoms with Gasteiger partial charge in [-0.3, -0.25) is 4.79 Å². The molecule has 0 saturated carbocycles. The lowest BCUT2D eigenvalue weighted by Gasteiger charge is -2.07. The van der Waals surface area contributed by atoms with Gasteiger partial charge in [-0.2, -0.15) is 0 Å². The number of hydrogen-bond donors (Lipinski definition) is 1. The van der Waals surface area contributed by atoms with Crippen LogP contribution in [0.5, 0.6) is 11.5 Å². The lowest BCUT2D eigenvalue weighted by atomic mass is 10.1. The predicted molar refractivity (Wildman–Crippen MR) is 104 cm³/mol. The molecule has 8 heteroatoms. The Bertz CT molecular complexity index is 881. The molecular formula is C18H17N3O3S2. The first-order valence-electron chi connectivity index (χ1n) is 7.73. The second kappa shape index (κ2) is 8.68. The third-order valence-electron chi connectivity index (χ3n) is 3.49. The molecule has 1 N–H and O–H groups in total. The summed E-state index contributed by atoms with van der Waals surface area (Å²) in [5.41, 5.74) is 1.46. The van der Waals surface area contributed by atoms with Crippen LogP contribution in [0.15, 0.2) is 52.9 Å². The summed E-state index contributed by atoms with van der Waals surface area (Å²) >= 11 is 2.76. The van der Waals surface area contributed by atoms with Crippen LogP contribution < -0.4 is 14.8 Å². The first kappa shape index (κ1) is 18.2. The number of thioether (sulfide) groups is 1. The van der Waals surface area contributed by atoms with Gasteiger partial charge in [-0.1, -0.05) is 35.2 Å². The molecule has 1 aromatic heterocycles. The highest BCUT2D eigenvalue weighted by Gasteiger charge is 2.11. The topological polar surface area (TPSA) is 73.3 Å². The van der Waals surface area contributed by atoms with Gasteiger partial charge < -0.3 is 14.8 Å². The van der Waals surface area contributed by atoms with Crippen LogP contribution in [-0.2, 0) is 0 Å². The van der Waals surface area contributed by atoms with Gasteiger partial charge in [0.25, 0.3) is 0 Å². The summed E-state index contributed by atoms with van der Waals surface area (Å²) in [7, 11) is 3.21. The van der Waals surface area contributed by atoms with Crippen LogP contribution in [0.25, 0.3) is 0 Å². The minimum atomic E-state index is 0.0343. The maximum atomic E-state index is 12.3. The summed E-state index contributed by atoms with van der Waals surface area (Å²) in [5, 5.41) is 12.1. The van der Waals surface area contributed by atoms with Crippen molar-refractivity contribution in [2.45, 2.75) is 4.34 Å². The molecule has 2 aromatic carbocycles. The Kier molecular flexibility index (Phi) is 6.08. The average molecular weight is 387 g/mol. The van der Waals surface area contributed by atoms with Crippen molar-refractivity contribution >= 4 is 39.7 Å². The number of carbonyl (C=O) groups excluding carboxylic acids is 1. The maximum absolute atomic E-state index is 12.3. The fourth-order valence-corrected chi connectivity index (χ4v) is 3.83. The van der Waals surface area contributed by atoms with Gasteiger partial charge in [-0.25, -0.2) is 0 Å². The van der Waals surface area contributed by atoms with Crippen LogP contribution in [0.4, 0.5) is 10.8 Å². The molecule has 0 aliphatic rings. The lowest BCUT2D eigenvalue weighted by molar-refractivity contribution is 0.102. The molecule has 3 rings (SSSR count). The number of ether oxygens (including phenoxy) is 2. The van der Waals surface area contributed by atoms with Crippen molar-refractivity contribution in [1.29, 1.82) is 0 Å². The highest BCUT2D eigenvalue weighted by Crippen LogP contribution is 2.31. The third-order valence-corrected chi connectivity index (χ3v) is 5.47. The Balaban J connectivity index is 1.58. The van der Waals surface area contributed by atoms with Crippen molar-refractivity contribution in [2.75, 3.05) is 25.3 Å². The molecule has 0 amide bonds. The number of para-hydroxylation sites is 2. The van der Waals surface area contributed by atoms with E-state index < -0.39 is 0 Å². The number of methoxy groups -OCH3 is 2. The highest BCUT2D eigenvalue weighted by molar-refractivity contribution is 8.01. The number of hydrogen-bond acceptors (Lipinski definition) is 8. The molecule has 1 heterocycles. The first-order valence-corrected chi connectivity index (χ1v) is 9.53. The Morgan fingerprint density at radius 1 is 1.08 bits per heavy atom. The van der Waals surface area contributed by atoms with E-state index >= 15 is 0 Å². The minimum Gasteiger partial charge on any atom is -0.497 e. The third kappa shape index (κ3) is 4.53. The summed E-state index contributed by atoms with van der Waals surface area (Å²) < 4.78 is 11.1. The van der Waals surface area contributed by atoms with E-state index in [1.807, 2.05) is 24.3 Å². The van der Waals surface area contributed by atoms with Crippen LogP contribution in [0.2, 0.25) is 0 Å². The Morgan fingerprint density at radius 3 is 2.58 bits per heavy atom. The van der Waals surface area contributed by atoms with Crippen molar-refractivity contribution < 1.29 is 14.3 Å². The number of ketones is 1. The molecular weight excluding hydrogens is 370 g/mol. The average Bonchev–Trinajstić information content (AvgIpc) is 3.14. The van der Waals surface area contributed by atoms with Gasteiger partial charge in [0.15, 0.2) is 10.1 Å². The Morgan fingerprint density at radius 2 is 1.85 bits per heavy atom. The number of benzene rings is 2. The minimum absolute atomic E-state index is 0.0343. The van der Waals surface area contributed by atoms with Crippen LogP contribution >= 0.6 is 23.1 Å². The summed E-state index contributed by atoms with van der Waals surface area (Å²) in [6.07, 6.45) is 0. The lowest BCUT2D eigenvalue weighted by Crippen LogP contribution is -2.02. The van der Waals surface area contributed by atoms with Crippen molar-refractivity contribution in [3.8, 4) is 11.5 Å². The zero-order valence-corrected chi connectivity index (χ0v) is 15.9. The van der Waals surface area contributed by atoms with E-state index in [0.29, 0.717) is 16.4 Å². The summed E-state index contributed by atoms with van der Waals surface area (Å²) in [4.78, 5) is 12.3. The number of aromatic nitrogens is 2. The van der Waals surface area contributed by atoms with Crippen LogP contribution in [-0.4, -0.2) is 36.0 Å². The van der Waals surface area contributed by atoms with E-state index in [-0.39, 0.29) is 5.78 Å². The molecule has 0 bridgehead atoms. The number of nitrogens with one attached hydrogen (secondary N) is 1. The van der Waals surface area contributed by atoms with Crippen molar-refractivity contribution in [2.24, 2.45) is 0 Å². The first-order chi connectivity index (χ1) is 12.7. The number of carbonyl (C=O) groups is 1. The summed E-state index contributed by atoms with van der Waals surface area (Å²) in [6.45, 7) is 0. The summed E-state index contributed by atoms with van der Waals surface area (Å²) in [6, 6.07) is 14.7. The van der Waals surface area contributed by atoms with E-state index in [2.05, 4.69) is 15.5 Å². The normalized spacial score (nSPS) is 10.4. The fraction of sp³-hybridized carbons (Fsp3) is 0.167. The maximum Gasteiger partial charge on any atom is 0.210 e. The monoisotopic (exact) mass is 387 g/mol. The van der Waals surface area contributed by atoms with Crippen molar-refractivity contribution in [1.82, 2.24) is 10.2 Å². The van der Waals surface area contributed by atoms with Gasteiger partial charge in [0.2, 0.25) is 5.13 Å². The van der Waals surface area contributed by atoms with Gasteiger partial charge >= 0.3 is 0 Å². The highest BCUT2D eigenvalue weighted by atomic mass is 32.2. The number of nitrogens with zero attached hydrogens (tertiary/aromatic N) is 2. The van der Waals surface area contributed by atoms with Gasteiger partial charge in [0.1, 0.15) is 11.5 Å². The van der Waals surface area contributed by atoms with Crippen molar-refractivity contribution in [3.05, 3.63) is 54.1 Å². The molecule has 0 fully saturated rings. The SMILES string of the molecule is COc1ccc(C(=O)CSc2nnc(Nc3ccccc3OC)s2)cc1. The molecule has 6 nitrogen and oxygen atoms in total. The summed E-state index contributed by atoms with van der Waals surface area (Å²) in [5.74, 6) is 1.79. The van der Waals surface area contributed by atoms with E-state index in [0.717, 1.165) is 21.5 Å². The number of anilines is 2. The molecule has 0 unspecified atom stereocenters.